The second kappa shape index (κ2) is 2.39. The van der Waals surface area contributed by atoms with E-state index in [0.717, 1.165) is 9.47 Å². The molecule has 56 valence electrons. The second-order valence-electron chi connectivity index (χ2n) is 2.35. The summed E-state index contributed by atoms with van der Waals surface area (Å²) in [7, 11) is 2.02. The van der Waals surface area contributed by atoms with Crippen LogP contribution in [0.5, 0.6) is 0 Å². The molecule has 0 aliphatic heterocycles. The number of nitrogens with one attached hydrogen (secondary N) is 1. The number of pyridine rings is 1. The fourth-order valence-corrected chi connectivity index (χ4v) is 2.16. The van der Waals surface area contributed by atoms with Gasteiger partial charge in [0.25, 0.3) is 4.83 Å². The van der Waals surface area contributed by atoms with Crippen molar-refractivity contribution in [3.05, 3.63) is 22.3 Å². The van der Waals surface area contributed by atoms with Gasteiger partial charge in [0, 0.05) is 6.07 Å². The maximum Gasteiger partial charge on any atom is 0.287 e. The van der Waals surface area contributed by atoms with Crippen LogP contribution >= 0.6 is 23.6 Å². The largest absolute Gasteiger partial charge is 0.332 e. The Labute approximate surface area is 73.1 Å². The lowest BCUT2D eigenvalue weighted by molar-refractivity contribution is -0.642. The first-order valence-electron chi connectivity index (χ1n) is 3.25. The van der Waals surface area contributed by atoms with Crippen LogP contribution in [0.25, 0.3) is 10.3 Å². The number of aromatic nitrogens is 2. The Morgan fingerprint density at radius 1 is 1.64 bits per heavy atom. The van der Waals surface area contributed by atoms with Crippen molar-refractivity contribution >= 4 is 33.9 Å². The number of fused-ring (bicyclic) bond motifs is 1. The van der Waals surface area contributed by atoms with Gasteiger partial charge in [-0.2, -0.15) is 4.57 Å². The number of nitrogens with zero attached hydrogens (tertiary/aromatic N) is 1. The van der Waals surface area contributed by atoms with Crippen LogP contribution in [0.15, 0.2) is 18.3 Å². The first kappa shape index (κ1) is 6.94. The van der Waals surface area contributed by atoms with Crippen LogP contribution < -0.4 is 4.57 Å². The third-order valence-corrected chi connectivity index (χ3v) is 2.89. The van der Waals surface area contributed by atoms with Crippen molar-refractivity contribution in [2.75, 3.05) is 0 Å². The van der Waals surface area contributed by atoms with Gasteiger partial charge in [0.1, 0.15) is 12.6 Å². The van der Waals surface area contributed by atoms with Crippen LogP contribution in [-0.4, -0.2) is 4.98 Å². The Bertz CT molecular complexity index is 441. The lowest BCUT2D eigenvalue weighted by Gasteiger charge is -1.84. The molecule has 11 heavy (non-hydrogen) atoms. The molecule has 0 amide bonds. The lowest BCUT2D eigenvalue weighted by atomic mass is 10.4. The Kier molecular flexibility index (Phi) is 1.51. The summed E-state index contributed by atoms with van der Waals surface area (Å²) in [5, 5.41) is 0. The van der Waals surface area contributed by atoms with Crippen LogP contribution in [0.2, 0.25) is 0 Å². The van der Waals surface area contributed by atoms with Crippen molar-refractivity contribution in [1.82, 2.24) is 4.98 Å². The summed E-state index contributed by atoms with van der Waals surface area (Å²) in [5.41, 5.74) is 1.12. The highest BCUT2D eigenvalue weighted by Crippen LogP contribution is 2.13. The van der Waals surface area contributed by atoms with E-state index in [1.165, 1.54) is 4.83 Å². The van der Waals surface area contributed by atoms with Crippen LogP contribution in [0.3, 0.4) is 0 Å². The van der Waals surface area contributed by atoms with E-state index in [4.69, 9.17) is 12.2 Å². The van der Waals surface area contributed by atoms with Crippen molar-refractivity contribution in [3.8, 4) is 0 Å². The molecule has 0 aromatic carbocycles. The molecule has 0 radical (unpaired) electrons. The molecule has 4 heteroatoms. The third kappa shape index (κ3) is 1.08. The lowest BCUT2D eigenvalue weighted by Crippen LogP contribution is -2.26. The SMILES string of the molecule is C[n+]1cccc2[nH]c(=S)sc21. The van der Waals surface area contributed by atoms with Gasteiger partial charge < -0.3 is 4.98 Å². The molecule has 0 aliphatic carbocycles. The molecule has 2 heterocycles. The van der Waals surface area contributed by atoms with Crippen molar-refractivity contribution in [2.45, 2.75) is 0 Å². The summed E-state index contributed by atoms with van der Waals surface area (Å²) in [6, 6.07) is 4.03. The maximum absolute atomic E-state index is 5.02. The van der Waals surface area contributed by atoms with Gasteiger partial charge in [0.2, 0.25) is 0 Å². The average Bonchev–Trinajstić information content (AvgIpc) is 2.31. The van der Waals surface area contributed by atoms with E-state index in [0.29, 0.717) is 0 Å². The van der Waals surface area contributed by atoms with E-state index in [9.17, 15) is 0 Å². The highest BCUT2D eigenvalue weighted by Gasteiger charge is 2.05. The van der Waals surface area contributed by atoms with Gasteiger partial charge in [0.05, 0.1) is 0 Å². The van der Waals surface area contributed by atoms with Crippen molar-refractivity contribution in [2.24, 2.45) is 7.05 Å². The van der Waals surface area contributed by atoms with Gasteiger partial charge in [-0.1, -0.05) is 0 Å². The summed E-state index contributed by atoms with van der Waals surface area (Å²) in [6.45, 7) is 0. The smallest absolute Gasteiger partial charge is 0.287 e. The quantitative estimate of drug-likeness (QED) is 0.487. The molecule has 2 rings (SSSR count). The summed E-state index contributed by atoms with van der Waals surface area (Å²) in [4.78, 5) is 4.30. The van der Waals surface area contributed by atoms with Gasteiger partial charge in [-0.25, -0.2) is 0 Å². The van der Waals surface area contributed by atoms with Crippen molar-refractivity contribution < 1.29 is 4.57 Å². The number of H-pyrrole nitrogens is 1. The van der Waals surface area contributed by atoms with Crippen LogP contribution in [0.4, 0.5) is 0 Å². The van der Waals surface area contributed by atoms with Crippen LogP contribution in [-0.2, 0) is 7.05 Å². The molecule has 2 aromatic rings. The summed E-state index contributed by atoms with van der Waals surface area (Å²) in [6.07, 6.45) is 2.02. The predicted octanol–water partition coefficient (Wildman–Crippen LogP) is 1.78. The third-order valence-electron chi connectivity index (χ3n) is 1.55. The van der Waals surface area contributed by atoms with Gasteiger partial charge in [-0.15, -0.1) is 0 Å². The first-order valence-corrected chi connectivity index (χ1v) is 4.47. The number of aromatic amines is 1. The zero-order valence-corrected chi connectivity index (χ0v) is 7.63. The van der Waals surface area contributed by atoms with Crippen molar-refractivity contribution in [1.29, 1.82) is 0 Å². The minimum absolute atomic E-state index is 0.835. The first-order chi connectivity index (χ1) is 5.27. The number of thiazole rings is 1. The fraction of sp³-hybridized carbons (Fsp3) is 0.143. The van der Waals surface area contributed by atoms with E-state index in [1.807, 2.05) is 25.4 Å². The molecule has 0 bridgehead atoms. The minimum Gasteiger partial charge on any atom is -0.332 e. The van der Waals surface area contributed by atoms with Crippen LogP contribution in [0, 0.1) is 3.95 Å². The fourth-order valence-electron chi connectivity index (χ4n) is 1.04. The molecule has 0 aliphatic rings. The highest BCUT2D eigenvalue weighted by molar-refractivity contribution is 7.73. The van der Waals surface area contributed by atoms with Crippen LogP contribution in [0.1, 0.15) is 0 Å². The monoisotopic (exact) mass is 183 g/mol. The van der Waals surface area contributed by atoms with E-state index in [-0.39, 0.29) is 0 Å². The molecule has 2 nitrogen and oxygen atoms in total. The van der Waals surface area contributed by atoms with E-state index in [1.54, 1.807) is 11.3 Å². The highest BCUT2D eigenvalue weighted by atomic mass is 32.1. The Morgan fingerprint density at radius 2 is 2.45 bits per heavy atom. The molecular formula is C7H7N2S2+. The molecule has 0 unspecified atom stereocenters. The molecule has 1 N–H and O–H groups in total. The molecule has 0 spiro atoms. The van der Waals surface area contributed by atoms with E-state index < -0.39 is 0 Å². The minimum atomic E-state index is 0.835. The molecular weight excluding hydrogens is 176 g/mol. The van der Waals surface area contributed by atoms with Gasteiger partial charge in [-0.3, -0.25) is 0 Å². The zero-order valence-electron chi connectivity index (χ0n) is 6.00. The summed E-state index contributed by atoms with van der Waals surface area (Å²) >= 11 is 6.62. The molecule has 0 atom stereocenters. The van der Waals surface area contributed by atoms with E-state index in [2.05, 4.69) is 9.55 Å². The Balaban J connectivity index is 3.01. The average molecular weight is 183 g/mol. The summed E-state index contributed by atoms with van der Waals surface area (Å²) in [5.74, 6) is 0. The normalized spacial score (nSPS) is 10.6. The molecule has 2 aromatic heterocycles. The Morgan fingerprint density at radius 3 is 3.18 bits per heavy atom. The maximum atomic E-state index is 5.02. The number of hydrogen-bond acceptors (Lipinski definition) is 2. The van der Waals surface area contributed by atoms with Gasteiger partial charge in [0.15, 0.2) is 10.2 Å². The molecule has 0 saturated heterocycles. The molecule has 0 saturated carbocycles. The summed E-state index contributed by atoms with van der Waals surface area (Å²) < 4.78 is 2.90. The number of hydrogen-bond donors (Lipinski definition) is 1. The standard InChI is InChI=1S/C7H6N2S2/c1-9-4-2-3-5-6(9)11-7(10)8-5/h2-4H,1H3/p+1. The topological polar surface area (TPSA) is 19.7 Å². The number of rotatable bonds is 0. The van der Waals surface area contributed by atoms with Gasteiger partial charge >= 0.3 is 0 Å². The predicted molar refractivity (Wildman–Crippen MR) is 48.2 cm³/mol. The zero-order chi connectivity index (χ0) is 7.84. The van der Waals surface area contributed by atoms with Gasteiger partial charge in [-0.05, 0) is 29.6 Å². The van der Waals surface area contributed by atoms with E-state index >= 15 is 0 Å². The second-order valence-corrected chi connectivity index (χ2v) is 4.02. The Hall–Kier alpha value is -0.740. The number of aryl methyl sites for hydroxylation is 1. The van der Waals surface area contributed by atoms with Crippen molar-refractivity contribution in [3.63, 3.8) is 0 Å². The molecule has 0 fully saturated rings.